The highest BCUT2D eigenvalue weighted by molar-refractivity contribution is 5.85. The number of carbonyl (C=O) groups is 2. The van der Waals surface area contributed by atoms with E-state index >= 15 is 0 Å². The lowest BCUT2D eigenvalue weighted by Crippen LogP contribution is -2.44. The smallest absolute Gasteiger partial charge is 0.342 e. The van der Waals surface area contributed by atoms with Crippen molar-refractivity contribution in [2.75, 3.05) is 14.2 Å². The van der Waals surface area contributed by atoms with Gasteiger partial charge in [-0.05, 0) is 0 Å². The highest BCUT2D eigenvalue weighted by atomic mass is 19.1. The molecule has 2 unspecified atom stereocenters. The van der Waals surface area contributed by atoms with E-state index in [1.54, 1.807) is 0 Å². The Bertz CT molecular complexity index is 164. The van der Waals surface area contributed by atoms with Crippen LogP contribution in [-0.4, -0.2) is 38.4 Å². The van der Waals surface area contributed by atoms with Gasteiger partial charge in [0.25, 0.3) is 0 Å². The molecule has 0 spiro atoms. The Balaban J connectivity index is 4.18. The molecule has 0 aromatic carbocycles. The van der Waals surface area contributed by atoms with Crippen molar-refractivity contribution in [2.45, 2.75) is 12.2 Å². The molecule has 5 nitrogen and oxygen atoms in total. The maximum atomic E-state index is 12.7. The molecule has 2 N–H and O–H groups in total. The average molecular weight is 179 g/mol. The summed E-state index contributed by atoms with van der Waals surface area (Å²) in [5.74, 6) is -2.18. The summed E-state index contributed by atoms with van der Waals surface area (Å²) < 4.78 is 20.9. The number of esters is 2. The molecule has 70 valence electrons. The van der Waals surface area contributed by atoms with E-state index < -0.39 is 24.2 Å². The summed E-state index contributed by atoms with van der Waals surface area (Å²) in [6.07, 6.45) is -2.18. The van der Waals surface area contributed by atoms with E-state index in [9.17, 15) is 14.0 Å². The van der Waals surface area contributed by atoms with E-state index in [1.165, 1.54) is 0 Å². The van der Waals surface area contributed by atoms with Crippen LogP contribution in [0.25, 0.3) is 0 Å². The van der Waals surface area contributed by atoms with Crippen LogP contribution in [0, 0.1) is 0 Å². The minimum Gasteiger partial charge on any atom is -0.468 e. The predicted octanol–water partition coefficient (Wildman–Crippen LogP) is -1.00. The number of nitrogens with two attached hydrogens (primary N) is 1. The van der Waals surface area contributed by atoms with Crippen molar-refractivity contribution in [3.63, 3.8) is 0 Å². The fourth-order valence-corrected chi connectivity index (χ4v) is 0.515. The van der Waals surface area contributed by atoms with Gasteiger partial charge in [-0.2, -0.15) is 0 Å². The molecular weight excluding hydrogens is 169 g/mol. The van der Waals surface area contributed by atoms with Gasteiger partial charge in [0.15, 0.2) is 0 Å². The minimum atomic E-state index is -2.18. The zero-order chi connectivity index (χ0) is 9.72. The van der Waals surface area contributed by atoms with Gasteiger partial charge in [0.1, 0.15) is 6.04 Å². The highest BCUT2D eigenvalue weighted by Gasteiger charge is 2.32. The Labute approximate surface area is 68.6 Å². The zero-order valence-corrected chi connectivity index (χ0v) is 6.74. The van der Waals surface area contributed by atoms with E-state index in [0.717, 1.165) is 14.2 Å². The van der Waals surface area contributed by atoms with Crippen LogP contribution in [0.15, 0.2) is 0 Å². The summed E-state index contributed by atoms with van der Waals surface area (Å²) in [4.78, 5) is 21.1. The van der Waals surface area contributed by atoms with E-state index in [0.29, 0.717) is 0 Å². The normalized spacial score (nSPS) is 14.7. The van der Waals surface area contributed by atoms with E-state index in [-0.39, 0.29) is 0 Å². The molecule has 0 radical (unpaired) electrons. The number of alkyl halides is 1. The molecule has 0 amide bonds. The minimum absolute atomic E-state index is 0.993. The maximum absolute atomic E-state index is 12.7. The fourth-order valence-electron chi connectivity index (χ4n) is 0.515. The number of carbonyl (C=O) groups excluding carboxylic acids is 2. The molecule has 0 bridgehead atoms. The second kappa shape index (κ2) is 4.66. The third kappa shape index (κ3) is 2.46. The van der Waals surface area contributed by atoms with E-state index in [1.807, 2.05) is 0 Å². The average Bonchev–Trinajstić information content (AvgIpc) is 2.12. The van der Waals surface area contributed by atoms with Crippen LogP contribution in [0.3, 0.4) is 0 Å². The molecule has 0 aromatic heterocycles. The van der Waals surface area contributed by atoms with Gasteiger partial charge in [0, 0.05) is 0 Å². The third-order valence-corrected chi connectivity index (χ3v) is 1.21. The van der Waals surface area contributed by atoms with Gasteiger partial charge in [0.05, 0.1) is 14.2 Å². The van der Waals surface area contributed by atoms with E-state index in [4.69, 9.17) is 5.73 Å². The summed E-state index contributed by atoms with van der Waals surface area (Å²) in [7, 11) is 2.05. The Kier molecular flexibility index (Phi) is 4.20. The van der Waals surface area contributed by atoms with Crippen LogP contribution in [0.4, 0.5) is 4.39 Å². The first-order valence-corrected chi connectivity index (χ1v) is 3.10. The molecule has 0 heterocycles. The largest absolute Gasteiger partial charge is 0.468 e. The molecule has 0 aromatic rings. The van der Waals surface area contributed by atoms with Gasteiger partial charge < -0.3 is 15.2 Å². The lowest BCUT2D eigenvalue weighted by molar-refractivity contribution is -0.154. The summed E-state index contributed by atoms with van der Waals surface area (Å²) in [6, 6.07) is -1.62. The number of ether oxygens (including phenoxy) is 2. The van der Waals surface area contributed by atoms with Crippen LogP contribution in [-0.2, 0) is 19.1 Å². The predicted molar refractivity (Wildman–Crippen MR) is 36.9 cm³/mol. The molecule has 6 heteroatoms. The van der Waals surface area contributed by atoms with Crippen LogP contribution in [0.2, 0.25) is 0 Å². The van der Waals surface area contributed by atoms with Gasteiger partial charge in [-0.3, -0.25) is 4.79 Å². The molecule has 12 heavy (non-hydrogen) atoms. The fraction of sp³-hybridized carbons (Fsp3) is 0.667. The number of rotatable bonds is 3. The SMILES string of the molecule is COC(=O)C(N)C(F)C(=O)OC. The van der Waals surface area contributed by atoms with Crippen LogP contribution >= 0.6 is 0 Å². The summed E-state index contributed by atoms with van der Waals surface area (Å²) in [5, 5.41) is 0. The van der Waals surface area contributed by atoms with E-state index in [2.05, 4.69) is 9.47 Å². The van der Waals surface area contributed by atoms with Crippen LogP contribution < -0.4 is 5.73 Å². The van der Waals surface area contributed by atoms with Gasteiger partial charge in [-0.15, -0.1) is 0 Å². The number of hydrogen-bond acceptors (Lipinski definition) is 5. The van der Waals surface area contributed by atoms with Crippen LogP contribution in [0.5, 0.6) is 0 Å². The lowest BCUT2D eigenvalue weighted by atomic mass is 10.2. The van der Waals surface area contributed by atoms with Crippen molar-refractivity contribution in [1.29, 1.82) is 0 Å². The first-order chi connectivity index (χ1) is 5.54. The lowest BCUT2D eigenvalue weighted by Gasteiger charge is -2.11. The first-order valence-electron chi connectivity index (χ1n) is 3.10. The molecule has 0 rings (SSSR count). The monoisotopic (exact) mass is 179 g/mol. The molecular formula is C6H10FNO4. The Morgan fingerprint density at radius 3 is 2.00 bits per heavy atom. The number of halogens is 1. The zero-order valence-electron chi connectivity index (χ0n) is 6.74. The second-order valence-electron chi connectivity index (χ2n) is 1.97. The quantitative estimate of drug-likeness (QED) is 0.562. The van der Waals surface area contributed by atoms with Gasteiger partial charge in [-0.1, -0.05) is 0 Å². The standard InChI is InChI=1S/C6H10FNO4/c1-11-5(9)3(7)4(8)6(10)12-2/h3-4H,8H2,1-2H3. The van der Waals surface area contributed by atoms with Crippen molar-refractivity contribution >= 4 is 11.9 Å². The first kappa shape index (κ1) is 10.8. The van der Waals surface area contributed by atoms with Gasteiger partial charge in [-0.25, -0.2) is 9.18 Å². The topological polar surface area (TPSA) is 78.6 Å². The molecule has 0 fully saturated rings. The third-order valence-electron chi connectivity index (χ3n) is 1.21. The molecule has 0 aliphatic carbocycles. The second-order valence-corrected chi connectivity index (χ2v) is 1.97. The number of hydrogen-bond donors (Lipinski definition) is 1. The van der Waals surface area contributed by atoms with Crippen molar-refractivity contribution in [3.05, 3.63) is 0 Å². The van der Waals surface area contributed by atoms with Crippen LogP contribution in [0.1, 0.15) is 0 Å². The number of methoxy groups -OCH3 is 2. The molecule has 0 saturated heterocycles. The van der Waals surface area contributed by atoms with Crippen molar-refractivity contribution in [1.82, 2.24) is 0 Å². The van der Waals surface area contributed by atoms with Crippen molar-refractivity contribution in [3.8, 4) is 0 Å². The highest BCUT2D eigenvalue weighted by Crippen LogP contribution is 2.00. The summed E-state index contributed by atoms with van der Waals surface area (Å²) in [6.45, 7) is 0. The van der Waals surface area contributed by atoms with Crippen molar-refractivity contribution < 1.29 is 23.5 Å². The molecule has 0 aliphatic rings. The summed E-state index contributed by atoms with van der Waals surface area (Å²) >= 11 is 0. The Morgan fingerprint density at radius 1 is 1.25 bits per heavy atom. The summed E-state index contributed by atoms with van der Waals surface area (Å²) in [5.41, 5.74) is 5.00. The van der Waals surface area contributed by atoms with Gasteiger partial charge in [0.2, 0.25) is 6.17 Å². The molecule has 0 saturated carbocycles. The van der Waals surface area contributed by atoms with Crippen molar-refractivity contribution in [2.24, 2.45) is 5.73 Å². The Hall–Kier alpha value is -1.17. The van der Waals surface area contributed by atoms with Gasteiger partial charge >= 0.3 is 11.9 Å². The Morgan fingerprint density at radius 2 is 1.67 bits per heavy atom. The molecule has 2 atom stereocenters. The molecule has 0 aliphatic heterocycles. The maximum Gasteiger partial charge on any atom is 0.342 e.